The Morgan fingerprint density at radius 1 is 1.47 bits per heavy atom. The van der Waals surface area contributed by atoms with Crippen LogP contribution in [-0.4, -0.2) is 19.1 Å². The van der Waals surface area contributed by atoms with Crippen molar-refractivity contribution in [3.63, 3.8) is 0 Å². The van der Waals surface area contributed by atoms with E-state index >= 15 is 0 Å². The van der Waals surface area contributed by atoms with Gasteiger partial charge in [0.2, 0.25) is 5.91 Å². The van der Waals surface area contributed by atoms with Crippen LogP contribution in [0.25, 0.3) is 0 Å². The first kappa shape index (κ1) is 11.4. The lowest BCUT2D eigenvalue weighted by Crippen LogP contribution is -2.34. The Kier molecular flexibility index (Phi) is 3.97. The summed E-state index contributed by atoms with van der Waals surface area (Å²) >= 11 is 0. The van der Waals surface area contributed by atoms with Crippen LogP contribution in [0.4, 0.5) is 5.69 Å². The maximum Gasteiger partial charge on any atom is 0.239 e. The van der Waals surface area contributed by atoms with Crippen molar-refractivity contribution in [2.24, 2.45) is 5.73 Å². The minimum Gasteiger partial charge on any atom is -0.497 e. The standard InChI is InChI=1S/C11H16N2O2/c1-3-10(11(12)14)13-8-4-6-9(15-2)7-5-8/h4-7,10,13H,3H2,1-2H3,(H2,12,14). The number of nitrogens with two attached hydrogens (primary N) is 1. The average Bonchev–Trinajstić information content (AvgIpc) is 2.26. The third kappa shape index (κ3) is 3.16. The first-order valence-electron chi connectivity index (χ1n) is 4.87. The molecule has 15 heavy (non-hydrogen) atoms. The summed E-state index contributed by atoms with van der Waals surface area (Å²) in [5, 5.41) is 3.05. The van der Waals surface area contributed by atoms with Crippen molar-refractivity contribution >= 4 is 11.6 Å². The van der Waals surface area contributed by atoms with Gasteiger partial charge in [-0.3, -0.25) is 4.79 Å². The summed E-state index contributed by atoms with van der Waals surface area (Å²) in [5.74, 6) is 0.445. The second-order valence-corrected chi connectivity index (χ2v) is 3.24. The van der Waals surface area contributed by atoms with Crippen molar-refractivity contribution in [3.05, 3.63) is 24.3 Å². The first-order valence-corrected chi connectivity index (χ1v) is 4.87. The van der Waals surface area contributed by atoms with E-state index in [1.807, 2.05) is 31.2 Å². The molecule has 0 fully saturated rings. The predicted octanol–water partition coefficient (Wildman–Crippen LogP) is 1.37. The van der Waals surface area contributed by atoms with Gasteiger partial charge >= 0.3 is 0 Å². The zero-order valence-corrected chi connectivity index (χ0v) is 8.99. The second kappa shape index (κ2) is 5.24. The molecule has 1 aromatic carbocycles. The van der Waals surface area contributed by atoms with Crippen LogP contribution in [0.2, 0.25) is 0 Å². The zero-order chi connectivity index (χ0) is 11.3. The highest BCUT2D eigenvalue weighted by Gasteiger charge is 2.11. The number of benzene rings is 1. The Hall–Kier alpha value is -1.71. The molecular weight excluding hydrogens is 192 g/mol. The number of primary amides is 1. The number of nitrogens with one attached hydrogen (secondary N) is 1. The lowest BCUT2D eigenvalue weighted by molar-refractivity contribution is -0.118. The van der Waals surface area contributed by atoms with Crippen molar-refractivity contribution in [2.75, 3.05) is 12.4 Å². The second-order valence-electron chi connectivity index (χ2n) is 3.24. The molecule has 1 unspecified atom stereocenters. The minimum atomic E-state index is -0.340. The predicted molar refractivity (Wildman–Crippen MR) is 59.9 cm³/mol. The van der Waals surface area contributed by atoms with Gasteiger partial charge in [-0.05, 0) is 30.7 Å². The summed E-state index contributed by atoms with van der Waals surface area (Å²) in [5.41, 5.74) is 6.09. The van der Waals surface area contributed by atoms with E-state index in [2.05, 4.69) is 5.32 Å². The van der Waals surface area contributed by atoms with Gasteiger partial charge in [0.1, 0.15) is 11.8 Å². The van der Waals surface area contributed by atoms with Crippen LogP contribution in [0.1, 0.15) is 13.3 Å². The number of ether oxygens (including phenoxy) is 1. The van der Waals surface area contributed by atoms with E-state index < -0.39 is 0 Å². The molecule has 0 aliphatic rings. The number of hydrogen-bond donors (Lipinski definition) is 2. The maximum atomic E-state index is 11.0. The molecule has 0 saturated heterocycles. The number of hydrogen-bond acceptors (Lipinski definition) is 3. The fraction of sp³-hybridized carbons (Fsp3) is 0.364. The third-order valence-electron chi connectivity index (χ3n) is 2.18. The van der Waals surface area contributed by atoms with Gasteiger partial charge in [-0.15, -0.1) is 0 Å². The van der Waals surface area contributed by atoms with Gasteiger partial charge in [0.15, 0.2) is 0 Å². The number of carbonyl (C=O) groups excluding carboxylic acids is 1. The van der Waals surface area contributed by atoms with Crippen LogP contribution in [-0.2, 0) is 4.79 Å². The van der Waals surface area contributed by atoms with Crippen molar-refractivity contribution in [3.8, 4) is 5.75 Å². The zero-order valence-electron chi connectivity index (χ0n) is 8.99. The Balaban J connectivity index is 2.67. The molecule has 0 aromatic heterocycles. The average molecular weight is 208 g/mol. The molecular formula is C11H16N2O2. The Morgan fingerprint density at radius 2 is 2.07 bits per heavy atom. The molecule has 1 atom stereocenters. The molecule has 0 heterocycles. The van der Waals surface area contributed by atoms with Crippen LogP contribution >= 0.6 is 0 Å². The lowest BCUT2D eigenvalue weighted by Gasteiger charge is -2.14. The highest BCUT2D eigenvalue weighted by Crippen LogP contribution is 2.16. The molecule has 0 spiro atoms. The number of carbonyl (C=O) groups is 1. The van der Waals surface area contributed by atoms with E-state index in [0.29, 0.717) is 6.42 Å². The molecule has 4 nitrogen and oxygen atoms in total. The van der Waals surface area contributed by atoms with Crippen molar-refractivity contribution < 1.29 is 9.53 Å². The summed E-state index contributed by atoms with van der Waals surface area (Å²) in [6, 6.07) is 7.04. The minimum absolute atomic E-state index is 0.321. The fourth-order valence-corrected chi connectivity index (χ4v) is 1.26. The van der Waals surface area contributed by atoms with Crippen LogP contribution in [0, 0.1) is 0 Å². The van der Waals surface area contributed by atoms with E-state index in [1.54, 1.807) is 7.11 Å². The molecule has 0 radical (unpaired) electrons. The van der Waals surface area contributed by atoms with E-state index in [-0.39, 0.29) is 11.9 Å². The molecule has 82 valence electrons. The monoisotopic (exact) mass is 208 g/mol. The summed E-state index contributed by atoms with van der Waals surface area (Å²) in [7, 11) is 1.61. The SMILES string of the molecule is CCC(Nc1ccc(OC)cc1)C(N)=O. The van der Waals surface area contributed by atoms with Gasteiger partial charge in [-0.2, -0.15) is 0 Å². The normalized spacial score (nSPS) is 11.9. The van der Waals surface area contributed by atoms with Crippen LogP contribution < -0.4 is 15.8 Å². The molecule has 1 rings (SSSR count). The number of amides is 1. The van der Waals surface area contributed by atoms with Gasteiger partial charge in [-0.1, -0.05) is 6.92 Å². The summed E-state index contributed by atoms with van der Waals surface area (Å²) in [6.45, 7) is 1.91. The van der Waals surface area contributed by atoms with Gasteiger partial charge in [0.25, 0.3) is 0 Å². The summed E-state index contributed by atoms with van der Waals surface area (Å²) in [4.78, 5) is 11.0. The highest BCUT2D eigenvalue weighted by molar-refractivity contribution is 5.82. The Morgan fingerprint density at radius 3 is 2.47 bits per heavy atom. The molecule has 0 saturated carbocycles. The summed E-state index contributed by atoms with van der Waals surface area (Å²) in [6.07, 6.45) is 0.668. The quantitative estimate of drug-likeness (QED) is 0.768. The van der Waals surface area contributed by atoms with E-state index in [9.17, 15) is 4.79 Å². The molecule has 1 amide bonds. The van der Waals surface area contributed by atoms with Crippen molar-refractivity contribution in [1.29, 1.82) is 0 Å². The molecule has 0 aliphatic carbocycles. The van der Waals surface area contributed by atoms with E-state index in [0.717, 1.165) is 11.4 Å². The maximum absolute atomic E-state index is 11.0. The van der Waals surface area contributed by atoms with Gasteiger partial charge in [0, 0.05) is 5.69 Å². The number of methoxy groups -OCH3 is 1. The highest BCUT2D eigenvalue weighted by atomic mass is 16.5. The van der Waals surface area contributed by atoms with E-state index in [4.69, 9.17) is 10.5 Å². The van der Waals surface area contributed by atoms with Crippen LogP contribution in [0.15, 0.2) is 24.3 Å². The lowest BCUT2D eigenvalue weighted by atomic mass is 10.2. The Labute approximate surface area is 89.4 Å². The first-order chi connectivity index (χ1) is 7.17. The largest absolute Gasteiger partial charge is 0.497 e. The van der Waals surface area contributed by atoms with Gasteiger partial charge < -0.3 is 15.8 Å². The van der Waals surface area contributed by atoms with Crippen LogP contribution in [0.5, 0.6) is 5.75 Å². The molecule has 4 heteroatoms. The number of anilines is 1. The smallest absolute Gasteiger partial charge is 0.239 e. The third-order valence-corrected chi connectivity index (χ3v) is 2.18. The van der Waals surface area contributed by atoms with Gasteiger partial charge in [-0.25, -0.2) is 0 Å². The van der Waals surface area contributed by atoms with Gasteiger partial charge in [0.05, 0.1) is 7.11 Å². The summed E-state index contributed by atoms with van der Waals surface area (Å²) < 4.78 is 5.03. The van der Waals surface area contributed by atoms with Crippen LogP contribution in [0.3, 0.4) is 0 Å². The topological polar surface area (TPSA) is 64.3 Å². The van der Waals surface area contributed by atoms with Crippen molar-refractivity contribution in [2.45, 2.75) is 19.4 Å². The molecule has 0 bridgehead atoms. The molecule has 0 aliphatic heterocycles. The Bertz CT molecular complexity index is 322. The number of rotatable bonds is 5. The molecule has 1 aromatic rings. The van der Waals surface area contributed by atoms with E-state index in [1.165, 1.54) is 0 Å². The molecule has 3 N–H and O–H groups in total. The van der Waals surface area contributed by atoms with Crippen molar-refractivity contribution in [1.82, 2.24) is 0 Å². The fourth-order valence-electron chi connectivity index (χ4n) is 1.26.